The van der Waals surface area contributed by atoms with Crippen molar-refractivity contribution in [2.24, 2.45) is 0 Å². The second kappa shape index (κ2) is 8.68. The Bertz CT molecular complexity index is 764. The van der Waals surface area contributed by atoms with Crippen molar-refractivity contribution in [3.8, 4) is 5.75 Å². The van der Waals surface area contributed by atoms with Crippen LogP contribution in [0.15, 0.2) is 61.2 Å². The topological polar surface area (TPSA) is 55.8 Å². The molecule has 0 aliphatic heterocycles. The van der Waals surface area contributed by atoms with Gasteiger partial charge < -0.3 is 14.6 Å². The molecule has 0 spiro atoms. The van der Waals surface area contributed by atoms with Gasteiger partial charge in [-0.25, -0.2) is 4.79 Å². The number of aryl methyl sites for hydroxylation is 1. The summed E-state index contributed by atoms with van der Waals surface area (Å²) in [5, 5.41) is 9.86. The molecule has 0 aromatic heterocycles. The molecule has 1 N–H and O–H groups in total. The van der Waals surface area contributed by atoms with Crippen molar-refractivity contribution in [3.05, 3.63) is 77.9 Å². The average molecular weight is 354 g/mol. The number of carbonyl (C=O) groups excluding carboxylic acids is 1. The van der Waals surface area contributed by atoms with E-state index in [4.69, 9.17) is 9.47 Å². The first-order chi connectivity index (χ1) is 12.3. The molecule has 0 aliphatic rings. The second-order valence-electron chi connectivity index (χ2n) is 6.82. The molecule has 2 aromatic rings. The zero-order chi connectivity index (χ0) is 19.2. The minimum absolute atomic E-state index is 0.0404. The molecule has 4 nitrogen and oxygen atoms in total. The molecule has 0 radical (unpaired) electrons. The van der Waals surface area contributed by atoms with Crippen LogP contribution in [0.1, 0.15) is 30.5 Å². The lowest BCUT2D eigenvalue weighted by Crippen LogP contribution is -2.25. The summed E-state index contributed by atoms with van der Waals surface area (Å²) in [6.07, 6.45) is 0.164. The number of hydrogen-bond acceptors (Lipinski definition) is 4. The van der Waals surface area contributed by atoms with Crippen LogP contribution in [0.5, 0.6) is 5.75 Å². The predicted molar refractivity (Wildman–Crippen MR) is 102 cm³/mol. The third kappa shape index (κ3) is 5.20. The first kappa shape index (κ1) is 19.7. The van der Waals surface area contributed by atoms with E-state index >= 15 is 0 Å². The van der Waals surface area contributed by atoms with Crippen molar-refractivity contribution in [1.82, 2.24) is 0 Å². The van der Waals surface area contributed by atoms with Gasteiger partial charge in [-0.2, -0.15) is 0 Å². The van der Waals surface area contributed by atoms with Gasteiger partial charge in [0.1, 0.15) is 25.1 Å². The van der Waals surface area contributed by atoms with Crippen LogP contribution in [0, 0.1) is 6.92 Å². The summed E-state index contributed by atoms with van der Waals surface area (Å²) in [6.45, 7) is 9.65. The molecule has 26 heavy (non-hydrogen) atoms. The molecule has 2 rings (SSSR count). The first-order valence-corrected chi connectivity index (χ1v) is 8.60. The summed E-state index contributed by atoms with van der Waals surface area (Å²) < 4.78 is 10.5. The van der Waals surface area contributed by atoms with E-state index in [1.54, 1.807) is 0 Å². The van der Waals surface area contributed by atoms with Crippen LogP contribution in [-0.2, 0) is 14.9 Å². The van der Waals surface area contributed by atoms with Crippen LogP contribution in [0.4, 0.5) is 0 Å². The first-order valence-electron chi connectivity index (χ1n) is 8.60. The van der Waals surface area contributed by atoms with Gasteiger partial charge >= 0.3 is 5.97 Å². The maximum Gasteiger partial charge on any atom is 0.330 e. The molecule has 1 unspecified atom stereocenters. The van der Waals surface area contributed by atoms with Crippen molar-refractivity contribution in [1.29, 1.82) is 0 Å². The minimum Gasteiger partial charge on any atom is -0.491 e. The highest BCUT2D eigenvalue weighted by Crippen LogP contribution is 2.33. The number of esters is 1. The number of aliphatic hydroxyl groups is 1. The highest BCUT2D eigenvalue weighted by Gasteiger charge is 2.23. The fourth-order valence-corrected chi connectivity index (χ4v) is 2.65. The maximum atomic E-state index is 11.0. The molecule has 0 bridgehead atoms. The normalized spacial score (nSPS) is 12.3. The minimum atomic E-state index is -0.896. The number of rotatable bonds is 8. The van der Waals surface area contributed by atoms with Gasteiger partial charge in [0.25, 0.3) is 0 Å². The zero-order valence-electron chi connectivity index (χ0n) is 15.6. The van der Waals surface area contributed by atoms with Crippen molar-refractivity contribution >= 4 is 5.97 Å². The maximum absolute atomic E-state index is 11.0. The Morgan fingerprint density at radius 2 is 1.81 bits per heavy atom. The highest BCUT2D eigenvalue weighted by atomic mass is 16.5. The number of aliphatic hydroxyl groups excluding tert-OH is 1. The number of hydrogen-bond donors (Lipinski definition) is 1. The van der Waals surface area contributed by atoms with Gasteiger partial charge in [0.15, 0.2) is 0 Å². The van der Waals surface area contributed by atoms with Crippen LogP contribution in [0.3, 0.4) is 0 Å². The van der Waals surface area contributed by atoms with Crippen molar-refractivity contribution < 1.29 is 19.4 Å². The number of carbonyl (C=O) groups is 1. The average Bonchev–Trinajstić information content (AvgIpc) is 2.64. The van der Waals surface area contributed by atoms with Gasteiger partial charge in [0, 0.05) is 11.5 Å². The number of benzene rings is 2. The number of ether oxygens (including phenoxy) is 2. The lowest BCUT2D eigenvalue weighted by Gasteiger charge is -2.27. The van der Waals surface area contributed by atoms with Crippen molar-refractivity contribution in [2.45, 2.75) is 32.3 Å². The highest BCUT2D eigenvalue weighted by molar-refractivity contribution is 5.81. The lowest BCUT2D eigenvalue weighted by molar-refractivity contribution is -0.141. The molecular weight excluding hydrogens is 328 g/mol. The molecule has 0 heterocycles. The third-order valence-electron chi connectivity index (χ3n) is 4.32. The van der Waals surface area contributed by atoms with E-state index in [0.29, 0.717) is 5.75 Å². The molecule has 4 heteroatoms. The Morgan fingerprint density at radius 1 is 1.15 bits per heavy atom. The van der Waals surface area contributed by atoms with Gasteiger partial charge in [-0.15, -0.1) is 0 Å². The van der Waals surface area contributed by atoms with Gasteiger partial charge in [0.2, 0.25) is 0 Å². The predicted octanol–water partition coefficient (Wildman–Crippen LogP) is 3.79. The molecule has 1 atom stereocenters. The van der Waals surface area contributed by atoms with E-state index in [0.717, 1.165) is 11.6 Å². The molecule has 0 saturated carbocycles. The molecule has 0 amide bonds. The summed E-state index contributed by atoms with van der Waals surface area (Å²) in [4.78, 5) is 11.0. The summed E-state index contributed by atoms with van der Waals surface area (Å²) in [7, 11) is 0. The molecule has 138 valence electrons. The largest absolute Gasteiger partial charge is 0.491 e. The molecular formula is C22H26O4. The van der Waals surface area contributed by atoms with Crippen LogP contribution < -0.4 is 4.74 Å². The van der Waals surface area contributed by atoms with Gasteiger partial charge in [-0.1, -0.05) is 62.4 Å². The molecule has 0 aliphatic carbocycles. The molecule has 2 aromatic carbocycles. The monoisotopic (exact) mass is 354 g/mol. The summed E-state index contributed by atoms with van der Waals surface area (Å²) in [5.74, 6) is 0.100. The molecule has 0 saturated heterocycles. The SMILES string of the molecule is C=CC(=O)OCC(O)COc1cccc(C(C)(C)c2cccc(C)c2)c1. The Morgan fingerprint density at radius 3 is 2.46 bits per heavy atom. The summed E-state index contributed by atoms with van der Waals surface area (Å²) >= 11 is 0. The van der Waals surface area contributed by atoms with Crippen LogP contribution in [-0.4, -0.2) is 30.4 Å². The fourth-order valence-electron chi connectivity index (χ4n) is 2.65. The quantitative estimate of drug-likeness (QED) is 0.579. The van der Waals surface area contributed by atoms with E-state index in [1.165, 1.54) is 11.1 Å². The van der Waals surface area contributed by atoms with Gasteiger partial charge in [0.05, 0.1) is 0 Å². The zero-order valence-corrected chi connectivity index (χ0v) is 15.6. The van der Waals surface area contributed by atoms with Gasteiger partial charge in [-0.05, 0) is 30.2 Å². The second-order valence-corrected chi connectivity index (χ2v) is 6.82. The van der Waals surface area contributed by atoms with Gasteiger partial charge in [-0.3, -0.25) is 0 Å². The smallest absolute Gasteiger partial charge is 0.330 e. The fraction of sp³-hybridized carbons (Fsp3) is 0.318. The summed E-state index contributed by atoms with van der Waals surface area (Å²) in [6, 6.07) is 16.3. The van der Waals surface area contributed by atoms with E-state index < -0.39 is 12.1 Å². The standard InChI is InChI=1S/C22H26O4/c1-5-21(24)26-15-19(23)14-25-20-11-7-10-18(13-20)22(3,4)17-9-6-8-16(2)12-17/h5-13,19,23H,1,14-15H2,2-4H3. The Balaban J connectivity index is 2.05. The van der Waals surface area contributed by atoms with E-state index in [9.17, 15) is 9.90 Å². The van der Waals surface area contributed by atoms with Crippen molar-refractivity contribution in [2.75, 3.05) is 13.2 Å². The van der Waals surface area contributed by atoms with Crippen LogP contribution in [0.25, 0.3) is 0 Å². The van der Waals surface area contributed by atoms with Crippen LogP contribution in [0.2, 0.25) is 0 Å². The van der Waals surface area contributed by atoms with Crippen molar-refractivity contribution in [3.63, 3.8) is 0 Å². The Kier molecular flexibility index (Phi) is 6.58. The lowest BCUT2D eigenvalue weighted by atomic mass is 9.78. The summed E-state index contributed by atoms with van der Waals surface area (Å²) in [5.41, 5.74) is 3.39. The van der Waals surface area contributed by atoms with Crippen LogP contribution >= 0.6 is 0 Å². The van der Waals surface area contributed by atoms with E-state index in [-0.39, 0.29) is 18.6 Å². The van der Waals surface area contributed by atoms with E-state index in [1.807, 2.05) is 18.2 Å². The Hall–Kier alpha value is -2.59. The Labute approximate surface area is 155 Å². The molecule has 0 fully saturated rings. The van der Waals surface area contributed by atoms with E-state index in [2.05, 4.69) is 57.7 Å². The third-order valence-corrected chi connectivity index (χ3v) is 4.32.